The molecule has 1 atom stereocenters. The lowest BCUT2D eigenvalue weighted by atomic mass is 10.1. The fourth-order valence-corrected chi connectivity index (χ4v) is 2.78. The van der Waals surface area contributed by atoms with Crippen LogP contribution in [0.25, 0.3) is 0 Å². The van der Waals surface area contributed by atoms with Crippen LogP contribution in [-0.4, -0.2) is 16.6 Å². The molecule has 1 aromatic heterocycles. The van der Waals surface area contributed by atoms with Crippen molar-refractivity contribution in [2.75, 3.05) is 7.05 Å². The highest BCUT2D eigenvalue weighted by molar-refractivity contribution is 6.35. The number of aromatic nitrogens is 2. The quantitative estimate of drug-likeness (QED) is 0.870. The minimum Gasteiger partial charge on any atom is -0.334 e. The van der Waals surface area contributed by atoms with Crippen LogP contribution in [0.4, 0.5) is 0 Å². The normalized spacial score (nSPS) is 12.6. The molecule has 2 rings (SSSR count). The van der Waals surface area contributed by atoms with Gasteiger partial charge in [-0.25, -0.2) is 4.98 Å². The second kappa shape index (κ2) is 7.11. The van der Waals surface area contributed by atoms with E-state index in [1.165, 1.54) is 0 Å². The van der Waals surface area contributed by atoms with Crippen LogP contribution in [-0.2, 0) is 13.0 Å². The average Bonchev–Trinajstić information content (AvgIpc) is 2.87. The van der Waals surface area contributed by atoms with Gasteiger partial charge in [0, 0.05) is 29.0 Å². The second-order valence-corrected chi connectivity index (χ2v) is 5.60. The molecule has 3 nitrogen and oxygen atoms in total. The van der Waals surface area contributed by atoms with Gasteiger partial charge in [0.1, 0.15) is 5.82 Å². The van der Waals surface area contributed by atoms with Gasteiger partial charge in [0.15, 0.2) is 0 Å². The van der Waals surface area contributed by atoms with Crippen LogP contribution in [0.15, 0.2) is 30.6 Å². The smallest absolute Gasteiger partial charge is 0.126 e. The van der Waals surface area contributed by atoms with Gasteiger partial charge < -0.3 is 9.88 Å². The van der Waals surface area contributed by atoms with Crippen LogP contribution in [0, 0.1) is 0 Å². The second-order valence-electron chi connectivity index (χ2n) is 4.76. The summed E-state index contributed by atoms with van der Waals surface area (Å²) in [5, 5.41) is 4.68. The van der Waals surface area contributed by atoms with E-state index >= 15 is 0 Å². The molecule has 0 radical (unpaired) electrons. The lowest BCUT2D eigenvalue weighted by Crippen LogP contribution is -2.23. The van der Waals surface area contributed by atoms with Gasteiger partial charge in [-0.2, -0.15) is 0 Å². The summed E-state index contributed by atoms with van der Waals surface area (Å²) in [5.74, 6) is 1.04. The van der Waals surface area contributed by atoms with Gasteiger partial charge in [-0.3, -0.25) is 0 Å². The van der Waals surface area contributed by atoms with Crippen molar-refractivity contribution in [3.63, 3.8) is 0 Å². The summed E-state index contributed by atoms with van der Waals surface area (Å²) in [6, 6.07) is 5.76. The van der Waals surface area contributed by atoms with Crippen molar-refractivity contribution in [1.29, 1.82) is 0 Å². The molecule has 5 heteroatoms. The Morgan fingerprint density at radius 1 is 1.35 bits per heavy atom. The number of hydrogen-bond acceptors (Lipinski definition) is 2. The summed E-state index contributed by atoms with van der Waals surface area (Å²) in [6.07, 6.45) is 5.74. The van der Waals surface area contributed by atoms with Crippen LogP contribution in [0.5, 0.6) is 0 Å². The first-order chi connectivity index (χ1) is 9.65. The topological polar surface area (TPSA) is 29.9 Å². The Labute approximate surface area is 129 Å². The van der Waals surface area contributed by atoms with Crippen molar-refractivity contribution < 1.29 is 0 Å². The maximum Gasteiger partial charge on any atom is 0.126 e. The third-order valence-corrected chi connectivity index (χ3v) is 3.90. The first kappa shape index (κ1) is 15.4. The van der Waals surface area contributed by atoms with E-state index in [4.69, 9.17) is 23.2 Å². The molecule has 1 N–H and O–H groups in total. The van der Waals surface area contributed by atoms with Crippen LogP contribution in [0.2, 0.25) is 10.0 Å². The van der Waals surface area contributed by atoms with E-state index < -0.39 is 0 Å². The summed E-state index contributed by atoms with van der Waals surface area (Å²) < 4.78 is 2.19. The SMILES string of the molecule is CCCn1ccnc1C(Cc1ccc(Cl)cc1Cl)NC. The average molecular weight is 312 g/mol. The number of likely N-dealkylation sites (N-methyl/N-ethyl adjacent to an activating group) is 1. The standard InChI is InChI=1S/C15H19Cl2N3/c1-3-7-20-8-6-19-15(20)14(18-2)9-11-4-5-12(16)10-13(11)17/h4-6,8,10,14,18H,3,7,9H2,1-2H3. The Kier molecular flexibility index (Phi) is 5.46. The van der Waals surface area contributed by atoms with Crippen molar-refractivity contribution in [3.8, 4) is 0 Å². The van der Waals surface area contributed by atoms with Crippen LogP contribution >= 0.6 is 23.2 Å². The zero-order valence-electron chi connectivity index (χ0n) is 11.7. The number of hydrogen-bond donors (Lipinski definition) is 1. The van der Waals surface area contributed by atoms with E-state index in [0.29, 0.717) is 10.0 Å². The van der Waals surface area contributed by atoms with Crippen molar-refractivity contribution in [1.82, 2.24) is 14.9 Å². The zero-order chi connectivity index (χ0) is 14.5. The summed E-state index contributed by atoms with van der Waals surface area (Å²) >= 11 is 12.2. The molecule has 1 unspecified atom stereocenters. The fourth-order valence-electron chi connectivity index (χ4n) is 2.29. The van der Waals surface area contributed by atoms with Crippen molar-refractivity contribution in [3.05, 3.63) is 52.0 Å². The maximum atomic E-state index is 6.25. The van der Waals surface area contributed by atoms with Gasteiger partial charge in [0.05, 0.1) is 6.04 Å². The van der Waals surface area contributed by atoms with Gasteiger partial charge in [-0.05, 0) is 37.6 Å². The molecule has 108 valence electrons. The third kappa shape index (κ3) is 3.54. The Morgan fingerprint density at radius 2 is 2.15 bits per heavy atom. The summed E-state index contributed by atoms with van der Waals surface area (Å²) in [4.78, 5) is 4.48. The largest absolute Gasteiger partial charge is 0.334 e. The number of nitrogens with zero attached hydrogens (tertiary/aromatic N) is 2. The van der Waals surface area contributed by atoms with Crippen LogP contribution < -0.4 is 5.32 Å². The predicted octanol–water partition coefficient (Wildman–Crippen LogP) is 4.10. The molecule has 0 fully saturated rings. The Balaban J connectivity index is 2.22. The summed E-state index contributed by atoms with van der Waals surface area (Å²) in [7, 11) is 1.94. The van der Waals surface area contributed by atoms with E-state index in [9.17, 15) is 0 Å². The van der Waals surface area contributed by atoms with Crippen LogP contribution in [0.1, 0.15) is 30.8 Å². The van der Waals surface area contributed by atoms with Crippen molar-refractivity contribution in [2.45, 2.75) is 32.4 Å². The van der Waals surface area contributed by atoms with E-state index in [2.05, 4.69) is 21.8 Å². The number of benzene rings is 1. The lowest BCUT2D eigenvalue weighted by molar-refractivity contribution is 0.512. The van der Waals surface area contributed by atoms with Crippen LogP contribution in [0.3, 0.4) is 0 Å². The van der Waals surface area contributed by atoms with Gasteiger partial charge in [0.2, 0.25) is 0 Å². The number of imidazole rings is 1. The third-order valence-electron chi connectivity index (χ3n) is 3.31. The summed E-state index contributed by atoms with van der Waals surface area (Å²) in [5.41, 5.74) is 1.07. The van der Waals surface area contributed by atoms with Gasteiger partial charge in [0.25, 0.3) is 0 Å². The minimum atomic E-state index is 0.134. The Hall–Kier alpha value is -1.03. The number of halogens is 2. The van der Waals surface area contributed by atoms with E-state index in [1.807, 2.05) is 31.6 Å². The molecule has 0 saturated heterocycles. The molecule has 2 aromatic rings. The zero-order valence-corrected chi connectivity index (χ0v) is 13.2. The fraction of sp³-hybridized carbons (Fsp3) is 0.400. The highest BCUT2D eigenvalue weighted by Gasteiger charge is 2.17. The van der Waals surface area contributed by atoms with Crippen molar-refractivity contribution in [2.24, 2.45) is 0 Å². The number of nitrogens with one attached hydrogen (secondary N) is 1. The molecule has 0 bridgehead atoms. The maximum absolute atomic E-state index is 6.25. The molecule has 1 aromatic carbocycles. The molecular formula is C15H19Cl2N3. The predicted molar refractivity (Wildman–Crippen MR) is 84.5 cm³/mol. The molecule has 0 aliphatic heterocycles. The highest BCUT2D eigenvalue weighted by atomic mass is 35.5. The van der Waals surface area contributed by atoms with E-state index in [1.54, 1.807) is 6.07 Å². The van der Waals surface area contributed by atoms with Crippen molar-refractivity contribution >= 4 is 23.2 Å². The summed E-state index contributed by atoms with van der Waals surface area (Å²) in [6.45, 7) is 3.14. The highest BCUT2D eigenvalue weighted by Crippen LogP contribution is 2.25. The van der Waals surface area contributed by atoms with E-state index in [-0.39, 0.29) is 6.04 Å². The molecule has 20 heavy (non-hydrogen) atoms. The Morgan fingerprint density at radius 3 is 2.80 bits per heavy atom. The van der Waals surface area contributed by atoms with Gasteiger partial charge in [-0.1, -0.05) is 36.2 Å². The molecule has 0 aliphatic rings. The van der Waals surface area contributed by atoms with E-state index in [0.717, 1.165) is 30.8 Å². The molecular weight excluding hydrogens is 293 g/mol. The van der Waals surface area contributed by atoms with Gasteiger partial charge in [-0.15, -0.1) is 0 Å². The number of rotatable bonds is 6. The minimum absolute atomic E-state index is 0.134. The Bertz CT molecular complexity index is 566. The first-order valence-corrected chi connectivity index (χ1v) is 7.53. The molecule has 0 saturated carbocycles. The number of aryl methyl sites for hydroxylation is 1. The monoisotopic (exact) mass is 311 g/mol. The molecule has 0 spiro atoms. The lowest BCUT2D eigenvalue weighted by Gasteiger charge is -2.18. The first-order valence-electron chi connectivity index (χ1n) is 6.78. The molecule has 0 aliphatic carbocycles. The molecule has 1 heterocycles. The molecule has 0 amide bonds. The van der Waals surface area contributed by atoms with Gasteiger partial charge >= 0.3 is 0 Å².